The molecule has 0 unspecified atom stereocenters. The maximum absolute atomic E-state index is 11.9. The van der Waals surface area contributed by atoms with Crippen LogP contribution < -0.4 is 10.5 Å². The summed E-state index contributed by atoms with van der Waals surface area (Å²) in [4.78, 5) is 11.9. The predicted octanol–water partition coefficient (Wildman–Crippen LogP) is 3.44. The molecule has 1 aromatic heterocycles. The van der Waals surface area contributed by atoms with E-state index in [4.69, 9.17) is 15.2 Å². The number of para-hydroxylation sites is 2. The summed E-state index contributed by atoms with van der Waals surface area (Å²) >= 11 is 0. The van der Waals surface area contributed by atoms with Gasteiger partial charge in [0.1, 0.15) is 17.1 Å². The average molecular weight is 353 g/mol. The summed E-state index contributed by atoms with van der Waals surface area (Å²) in [5.74, 6) is 0.371. The van der Waals surface area contributed by atoms with E-state index in [1.54, 1.807) is 43.3 Å². The number of nitrogens with two attached hydrogens (primary N) is 1. The van der Waals surface area contributed by atoms with E-state index < -0.39 is 5.97 Å². The van der Waals surface area contributed by atoms with Gasteiger partial charge < -0.3 is 20.3 Å². The quantitative estimate of drug-likeness (QED) is 0.682. The number of ether oxygens (including phenoxy) is 2. The Balaban J connectivity index is 1.99. The fourth-order valence-corrected chi connectivity index (χ4v) is 2.47. The number of nitrogen functional groups attached to an aromatic ring is 1. The topological polar surface area (TPSA) is 99.6 Å². The van der Waals surface area contributed by atoms with Crippen molar-refractivity contribution in [3.63, 3.8) is 0 Å². The maximum Gasteiger partial charge on any atom is 0.343 e. The molecule has 7 nitrogen and oxygen atoms in total. The number of anilines is 1. The van der Waals surface area contributed by atoms with Gasteiger partial charge in [0.05, 0.1) is 12.8 Å². The zero-order chi connectivity index (χ0) is 18.7. The van der Waals surface area contributed by atoms with Crippen molar-refractivity contribution in [1.82, 2.24) is 9.78 Å². The van der Waals surface area contributed by atoms with Gasteiger partial charge in [-0.05, 0) is 43.7 Å². The van der Waals surface area contributed by atoms with Gasteiger partial charge in [0, 0.05) is 0 Å². The number of aryl methyl sites for hydroxylation is 1. The standard InChI is InChI=1S/C19H19N3O4/c1-3-25-19(24)13-11-21-22(18(13)20)14-6-4-5-7-16(14)26-17-9-8-12(2)10-15(17)23/h4-11,23H,3,20H2,1-2H3. The molecule has 134 valence electrons. The van der Waals surface area contributed by atoms with Crippen LogP contribution in [0, 0.1) is 6.92 Å². The van der Waals surface area contributed by atoms with Gasteiger partial charge in [-0.3, -0.25) is 0 Å². The molecule has 0 saturated carbocycles. The summed E-state index contributed by atoms with van der Waals surface area (Å²) < 4.78 is 12.2. The van der Waals surface area contributed by atoms with Gasteiger partial charge in [0.25, 0.3) is 0 Å². The lowest BCUT2D eigenvalue weighted by atomic mass is 10.2. The second-order valence-electron chi connectivity index (χ2n) is 5.62. The van der Waals surface area contributed by atoms with Gasteiger partial charge in [-0.25, -0.2) is 9.48 Å². The Labute approximate surface area is 150 Å². The molecular formula is C19H19N3O4. The zero-order valence-electron chi connectivity index (χ0n) is 14.5. The molecule has 0 amide bonds. The van der Waals surface area contributed by atoms with Gasteiger partial charge in [-0.2, -0.15) is 5.10 Å². The van der Waals surface area contributed by atoms with Crippen molar-refractivity contribution in [3.8, 4) is 22.9 Å². The number of rotatable bonds is 5. The van der Waals surface area contributed by atoms with E-state index in [2.05, 4.69) is 5.10 Å². The Morgan fingerprint density at radius 2 is 2.00 bits per heavy atom. The molecule has 3 N–H and O–H groups in total. The Kier molecular flexibility index (Phi) is 4.79. The van der Waals surface area contributed by atoms with Gasteiger partial charge in [-0.1, -0.05) is 18.2 Å². The summed E-state index contributed by atoms with van der Waals surface area (Å²) in [7, 11) is 0. The highest BCUT2D eigenvalue weighted by atomic mass is 16.5. The highest BCUT2D eigenvalue weighted by Crippen LogP contribution is 2.35. The molecule has 0 spiro atoms. The second-order valence-corrected chi connectivity index (χ2v) is 5.62. The third-order valence-corrected chi connectivity index (χ3v) is 3.73. The normalized spacial score (nSPS) is 10.5. The number of carbonyl (C=O) groups excluding carboxylic acids is 1. The lowest BCUT2D eigenvalue weighted by Crippen LogP contribution is -2.09. The molecule has 26 heavy (non-hydrogen) atoms. The van der Waals surface area contributed by atoms with Crippen LogP contribution in [0.15, 0.2) is 48.7 Å². The minimum atomic E-state index is -0.536. The smallest absolute Gasteiger partial charge is 0.343 e. The fourth-order valence-electron chi connectivity index (χ4n) is 2.47. The minimum Gasteiger partial charge on any atom is -0.504 e. The maximum atomic E-state index is 11.9. The van der Waals surface area contributed by atoms with E-state index in [0.29, 0.717) is 17.2 Å². The largest absolute Gasteiger partial charge is 0.504 e. The van der Waals surface area contributed by atoms with Gasteiger partial charge in [0.2, 0.25) is 0 Å². The van der Waals surface area contributed by atoms with Crippen molar-refractivity contribution in [3.05, 3.63) is 59.8 Å². The van der Waals surface area contributed by atoms with Crippen LogP contribution >= 0.6 is 0 Å². The Bertz CT molecular complexity index is 950. The number of aromatic nitrogens is 2. The Hall–Kier alpha value is -3.48. The second kappa shape index (κ2) is 7.18. The first-order valence-corrected chi connectivity index (χ1v) is 8.08. The average Bonchev–Trinajstić information content (AvgIpc) is 2.99. The molecule has 0 aliphatic heterocycles. The summed E-state index contributed by atoms with van der Waals surface area (Å²) in [5.41, 5.74) is 7.70. The molecule has 0 saturated heterocycles. The number of hydrogen-bond donors (Lipinski definition) is 2. The van der Waals surface area contributed by atoms with Crippen LogP contribution in [0.5, 0.6) is 17.2 Å². The highest BCUT2D eigenvalue weighted by Gasteiger charge is 2.19. The Morgan fingerprint density at radius 1 is 1.23 bits per heavy atom. The zero-order valence-corrected chi connectivity index (χ0v) is 14.5. The summed E-state index contributed by atoms with van der Waals surface area (Å²) in [5, 5.41) is 14.2. The molecule has 2 aromatic carbocycles. The van der Waals surface area contributed by atoms with Crippen molar-refractivity contribution in [1.29, 1.82) is 0 Å². The first-order chi connectivity index (χ1) is 12.5. The number of phenolic OH excluding ortho intramolecular Hbond substituents is 1. The summed E-state index contributed by atoms with van der Waals surface area (Å²) in [6, 6.07) is 12.2. The van der Waals surface area contributed by atoms with E-state index in [0.717, 1.165) is 5.56 Å². The van der Waals surface area contributed by atoms with Crippen molar-refractivity contribution < 1.29 is 19.4 Å². The minimum absolute atomic E-state index is 0.0282. The van der Waals surface area contributed by atoms with Gasteiger partial charge in [0.15, 0.2) is 17.2 Å². The third-order valence-electron chi connectivity index (χ3n) is 3.73. The van der Waals surface area contributed by atoms with Crippen molar-refractivity contribution >= 4 is 11.8 Å². The van der Waals surface area contributed by atoms with E-state index in [1.807, 2.05) is 13.0 Å². The van der Waals surface area contributed by atoms with Crippen LogP contribution in [0.3, 0.4) is 0 Å². The third kappa shape index (κ3) is 3.32. The molecule has 0 atom stereocenters. The van der Waals surface area contributed by atoms with Crippen LogP contribution in [0.2, 0.25) is 0 Å². The van der Waals surface area contributed by atoms with Crippen molar-refractivity contribution in [2.24, 2.45) is 0 Å². The first kappa shape index (κ1) is 17.3. The SMILES string of the molecule is CCOC(=O)c1cnn(-c2ccccc2Oc2ccc(C)cc2O)c1N. The van der Waals surface area contributed by atoms with Crippen LogP contribution in [0.25, 0.3) is 5.69 Å². The molecule has 0 aliphatic carbocycles. The number of benzene rings is 2. The summed E-state index contributed by atoms with van der Waals surface area (Å²) in [6.45, 7) is 3.84. The van der Waals surface area contributed by atoms with E-state index >= 15 is 0 Å². The van der Waals surface area contributed by atoms with Crippen LogP contribution in [0.1, 0.15) is 22.8 Å². The molecule has 1 heterocycles. The molecule has 7 heteroatoms. The molecule has 0 radical (unpaired) electrons. The molecule has 3 rings (SSSR count). The predicted molar refractivity (Wildman–Crippen MR) is 96.9 cm³/mol. The highest BCUT2D eigenvalue weighted by molar-refractivity contribution is 5.94. The van der Waals surface area contributed by atoms with Crippen LogP contribution in [-0.4, -0.2) is 27.5 Å². The first-order valence-electron chi connectivity index (χ1n) is 8.08. The molecule has 0 aliphatic rings. The number of esters is 1. The van der Waals surface area contributed by atoms with Crippen LogP contribution in [0.4, 0.5) is 5.82 Å². The number of nitrogens with zero attached hydrogens (tertiary/aromatic N) is 2. The van der Waals surface area contributed by atoms with Crippen molar-refractivity contribution in [2.75, 3.05) is 12.3 Å². The van der Waals surface area contributed by atoms with Crippen molar-refractivity contribution in [2.45, 2.75) is 13.8 Å². The van der Waals surface area contributed by atoms with E-state index in [-0.39, 0.29) is 23.7 Å². The fraction of sp³-hybridized carbons (Fsp3) is 0.158. The Morgan fingerprint density at radius 3 is 2.73 bits per heavy atom. The lowest BCUT2D eigenvalue weighted by Gasteiger charge is -2.13. The van der Waals surface area contributed by atoms with Gasteiger partial charge in [-0.15, -0.1) is 0 Å². The summed E-state index contributed by atoms with van der Waals surface area (Å²) in [6.07, 6.45) is 1.35. The monoisotopic (exact) mass is 353 g/mol. The number of phenols is 1. The molecular weight excluding hydrogens is 334 g/mol. The molecule has 3 aromatic rings. The van der Waals surface area contributed by atoms with E-state index in [1.165, 1.54) is 10.9 Å². The van der Waals surface area contributed by atoms with Crippen LogP contribution in [-0.2, 0) is 4.74 Å². The molecule has 0 bridgehead atoms. The lowest BCUT2D eigenvalue weighted by molar-refractivity contribution is 0.0527. The number of aromatic hydroxyl groups is 1. The number of hydrogen-bond acceptors (Lipinski definition) is 6. The number of carbonyl (C=O) groups is 1. The molecule has 0 fully saturated rings. The van der Waals surface area contributed by atoms with Gasteiger partial charge >= 0.3 is 5.97 Å². The van der Waals surface area contributed by atoms with E-state index in [9.17, 15) is 9.90 Å².